The molecule has 0 bridgehead atoms. The minimum absolute atomic E-state index is 0.0456. The van der Waals surface area contributed by atoms with Crippen molar-refractivity contribution in [2.24, 2.45) is 0 Å². The van der Waals surface area contributed by atoms with Gasteiger partial charge < -0.3 is 25.0 Å². The highest BCUT2D eigenvalue weighted by Crippen LogP contribution is 2.17. The van der Waals surface area contributed by atoms with Crippen LogP contribution < -0.4 is 15.1 Å². The molecule has 1 saturated heterocycles. The summed E-state index contributed by atoms with van der Waals surface area (Å²) >= 11 is 0. The highest BCUT2D eigenvalue weighted by molar-refractivity contribution is 5.45. The normalized spacial score (nSPS) is 16.9. The lowest BCUT2D eigenvalue weighted by Crippen LogP contribution is -2.38. The van der Waals surface area contributed by atoms with Crippen LogP contribution in [0.1, 0.15) is 6.92 Å². The topological polar surface area (TPSA) is 86.6 Å². The van der Waals surface area contributed by atoms with Gasteiger partial charge in [-0.25, -0.2) is 0 Å². The van der Waals surface area contributed by atoms with Crippen molar-refractivity contribution in [3.8, 4) is 0 Å². The van der Waals surface area contributed by atoms with Crippen LogP contribution in [0, 0.1) is 0 Å². The van der Waals surface area contributed by atoms with Gasteiger partial charge in [-0.15, -0.1) is 0 Å². The van der Waals surface area contributed by atoms with Gasteiger partial charge in [-0.3, -0.25) is 0 Å². The van der Waals surface area contributed by atoms with E-state index in [0.29, 0.717) is 31.1 Å². The van der Waals surface area contributed by atoms with E-state index in [1.807, 2.05) is 18.9 Å². The molecule has 8 heteroatoms. The van der Waals surface area contributed by atoms with Gasteiger partial charge in [0, 0.05) is 27.2 Å². The van der Waals surface area contributed by atoms with E-state index in [1.165, 1.54) is 0 Å². The Bertz CT molecular complexity index is 418. The molecule has 0 saturated carbocycles. The second-order valence-corrected chi connectivity index (χ2v) is 4.75. The highest BCUT2D eigenvalue weighted by atomic mass is 16.5. The molecular weight excluding hydrogens is 260 g/mol. The minimum atomic E-state index is -0.0559. The number of anilines is 3. The Hall–Kier alpha value is -1.67. The second kappa shape index (κ2) is 6.67. The molecule has 20 heavy (non-hydrogen) atoms. The second-order valence-electron chi connectivity index (χ2n) is 4.75. The number of aliphatic hydroxyl groups is 1. The molecule has 2 rings (SSSR count). The van der Waals surface area contributed by atoms with Crippen molar-refractivity contribution in [2.75, 3.05) is 62.1 Å². The number of nitrogens with zero attached hydrogens (tertiary/aromatic N) is 5. The zero-order valence-corrected chi connectivity index (χ0v) is 12.2. The molecule has 112 valence electrons. The third kappa shape index (κ3) is 3.26. The first-order valence-corrected chi connectivity index (χ1v) is 6.76. The van der Waals surface area contributed by atoms with Gasteiger partial charge in [0.15, 0.2) is 0 Å². The Morgan fingerprint density at radius 3 is 2.65 bits per heavy atom. The summed E-state index contributed by atoms with van der Waals surface area (Å²) in [5.74, 6) is 1.71. The molecule has 1 aliphatic heterocycles. The smallest absolute Gasteiger partial charge is 0.232 e. The minimum Gasteiger partial charge on any atom is -0.394 e. The Labute approximate surface area is 118 Å². The largest absolute Gasteiger partial charge is 0.394 e. The zero-order chi connectivity index (χ0) is 14.5. The van der Waals surface area contributed by atoms with Crippen LogP contribution in [0.2, 0.25) is 0 Å². The third-order valence-corrected chi connectivity index (χ3v) is 3.37. The number of aliphatic hydroxyl groups excluding tert-OH is 1. The fraction of sp³-hybridized carbons (Fsp3) is 0.750. The maximum absolute atomic E-state index is 9.26. The van der Waals surface area contributed by atoms with E-state index in [4.69, 9.17) is 4.74 Å². The van der Waals surface area contributed by atoms with E-state index in [2.05, 4.69) is 25.2 Å². The zero-order valence-electron chi connectivity index (χ0n) is 12.2. The fourth-order valence-electron chi connectivity index (χ4n) is 1.85. The summed E-state index contributed by atoms with van der Waals surface area (Å²) in [4.78, 5) is 17.1. The highest BCUT2D eigenvalue weighted by Gasteiger charge is 2.19. The van der Waals surface area contributed by atoms with Crippen LogP contribution >= 0.6 is 0 Å². The first-order chi connectivity index (χ1) is 9.65. The predicted octanol–water partition coefficient (Wildman–Crippen LogP) is -0.433. The van der Waals surface area contributed by atoms with E-state index >= 15 is 0 Å². The van der Waals surface area contributed by atoms with Crippen molar-refractivity contribution >= 4 is 17.8 Å². The molecule has 1 aliphatic rings. The van der Waals surface area contributed by atoms with Crippen LogP contribution in [-0.2, 0) is 4.74 Å². The van der Waals surface area contributed by atoms with Crippen LogP contribution in [0.3, 0.4) is 0 Å². The van der Waals surface area contributed by atoms with Gasteiger partial charge in [0.1, 0.15) is 0 Å². The SMILES string of the molecule is CNc1nc(N2CCOCC2)nc(N(C)C(C)CO)n1. The monoisotopic (exact) mass is 282 g/mol. The summed E-state index contributed by atoms with van der Waals surface area (Å²) in [5, 5.41) is 12.2. The van der Waals surface area contributed by atoms with Crippen LogP contribution in [0.5, 0.6) is 0 Å². The average Bonchev–Trinajstić information content (AvgIpc) is 2.53. The lowest BCUT2D eigenvalue weighted by atomic mass is 10.3. The van der Waals surface area contributed by atoms with Crippen molar-refractivity contribution in [3.63, 3.8) is 0 Å². The maximum atomic E-state index is 9.26. The van der Waals surface area contributed by atoms with Gasteiger partial charge in [-0.1, -0.05) is 0 Å². The van der Waals surface area contributed by atoms with Gasteiger partial charge >= 0.3 is 0 Å². The fourth-order valence-corrected chi connectivity index (χ4v) is 1.85. The summed E-state index contributed by atoms with van der Waals surface area (Å²) in [6.07, 6.45) is 0. The summed E-state index contributed by atoms with van der Waals surface area (Å²) in [5.41, 5.74) is 0. The molecule has 8 nitrogen and oxygen atoms in total. The Balaban J connectivity index is 2.27. The summed E-state index contributed by atoms with van der Waals surface area (Å²) in [6.45, 7) is 4.86. The van der Waals surface area contributed by atoms with E-state index in [1.54, 1.807) is 7.05 Å². The van der Waals surface area contributed by atoms with Crippen LogP contribution in [-0.4, -0.2) is 73.1 Å². The molecule has 1 unspecified atom stereocenters. The molecule has 2 heterocycles. The summed E-state index contributed by atoms with van der Waals surface area (Å²) in [6, 6.07) is -0.0559. The lowest BCUT2D eigenvalue weighted by molar-refractivity contribution is 0.122. The number of ether oxygens (including phenoxy) is 1. The average molecular weight is 282 g/mol. The standard InChI is InChI=1S/C12H22N6O2/c1-9(8-19)17(3)11-14-10(13-2)15-12(16-11)18-4-6-20-7-5-18/h9,19H,4-8H2,1-3H3,(H,13,14,15,16). The van der Waals surface area contributed by atoms with E-state index < -0.39 is 0 Å². The maximum Gasteiger partial charge on any atom is 0.232 e. The Kier molecular flexibility index (Phi) is 4.91. The first kappa shape index (κ1) is 14.7. The van der Waals surface area contributed by atoms with Crippen molar-refractivity contribution in [3.05, 3.63) is 0 Å². The van der Waals surface area contributed by atoms with Crippen LogP contribution in [0.25, 0.3) is 0 Å². The summed E-state index contributed by atoms with van der Waals surface area (Å²) in [7, 11) is 3.64. The van der Waals surface area contributed by atoms with Gasteiger partial charge in [0.25, 0.3) is 0 Å². The molecule has 1 aromatic heterocycles. The van der Waals surface area contributed by atoms with Gasteiger partial charge in [0.05, 0.1) is 25.9 Å². The number of aromatic nitrogens is 3. The third-order valence-electron chi connectivity index (χ3n) is 3.37. The van der Waals surface area contributed by atoms with Crippen molar-refractivity contribution in [1.82, 2.24) is 15.0 Å². The summed E-state index contributed by atoms with van der Waals surface area (Å²) < 4.78 is 5.34. The molecule has 0 spiro atoms. The number of likely N-dealkylation sites (N-methyl/N-ethyl adjacent to an activating group) is 1. The molecule has 1 atom stereocenters. The van der Waals surface area contributed by atoms with Gasteiger partial charge in [0.2, 0.25) is 17.8 Å². The molecule has 0 aliphatic carbocycles. The van der Waals surface area contributed by atoms with E-state index in [9.17, 15) is 5.11 Å². The molecule has 0 amide bonds. The lowest BCUT2D eigenvalue weighted by Gasteiger charge is -2.29. The number of morpholine rings is 1. The van der Waals surface area contributed by atoms with Crippen molar-refractivity contribution in [2.45, 2.75) is 13.0 Å². The number of rotatable bonds is 5. The van der Waals surface area contributed by atoms with Crippen LogP contribution in [0.15, 0.2) is 0 Å². The van der Waals surface area contributed by atoms with Gasteiger partial charge in [-0.05, 0) is 6.92 Å². The number of hydrogen-bond donors (Lipinski definition) is 2. The van der Waals surface area contributed by atoms with Gasteiger partial charge in [-0.2, -0.15) is 15.0 Å². The molecule has 1 fully saturated rings. The van der Waals surface area contributed by atoms with E-state index in [0.717, 1.165) is 13.1 Å². The van der Waals surface area contributed by atoms with Crippen molar-refractivity contribution < 1.29 is 9.84 Å². The number of nitrogens with one attached hydrogen (secondary N) is 1. The predicted molar refractivity (Wildman–Crippen MR) is 77.4 cm³/mol. The molecule has 2 N–H and O–H groups in total. The van der Waals surface area contributed by atoms with Crippen molar-refractivity contribution in [1.29, 1.82) is 0 Å². The molecule has 0 radical (unpaired) electrons. The molecule has 0 aromatic carbocycles. The van der Waals surface area contributed by atoms with E-state index in [-0.39, 0.29) is 12.6 Å². The quantitative estimate of drug-likeness (QED) is 0.752. The number of hydrogen-bond acceptors (Lipinski definition) is 8. The molecule has 1 aromatic rings. The van der Waals surface area contributed by atoms with Crippen LogP contribution in [0.4, 0.5) is 17.8 Å². The first-order valence-electron chi connectivity index (χ1n) is 6.76. The molecular formula is C12H22N6O2. The Morgan fingerprint density at radius 1 is 1.35 bits per heavy atom. The Morgan fingerprint density at radius 2 is 2.05 bits per heavy atom.